The third kappa shape index (κ3) is 5.52. The number of hydrogen-bond acceptors (Lipinski definition) is 3. The lowest BCUT2D eigenvalue weighted by atomic mass is 10.1. The van der Waals surface area contributed by atoms with E-state index in [0.717, 1.165) is 18.5 Å². The minimum absolute atomic E-state index is 0.478. The molecular formula is C13H22N4O. The lowest BCUT2D eigenvalue weighted by Gasteiger charge is -2.07. The Kier molecular flexibility index (Phi) is 5.97. The maximum atomic E-state index is 5.77. The molecule has 1 rings (SSSR count). The molecule has 1 aromatic rings. The summed E-state index contributed by atoms with van der Waals surface area (Å²) in [6.07, 6.45) is 2.78. The zero-order chi connectivity index (χ0) is 13.4. The van der Waals surface area contributed by atoms with E-state index in [0.29, 0.717) is 24.3 Å². The average Bonchev–Trinajstić information content (AvgIpc) is 2.36. The average molecular weight is 250 g/mol. The molecule has 3 N–H and O–H groups in total. The summed E-state index contributed by atoms with van der Waals surface area (Å²) in [5.74, 6) is 1.73. The van der Waals surface area contributed by atoms with Crippen LogP contribution in [0.25, 0.3) is 0 Å². The third-order valence-corrected chi connectivity index (χ3v) is 2.47. The molecule has 5 nitrogen and oxygen atoms in total. The molecular weight excluding hydrogens is 228 g/mol. The van der Waals surface area contributed by atoms with Gasteiger partial charge in [-0.15, -0.1) is 0 Å². The monoisotopic (exact) mass is 250 g/mol. The molecule has 0 bridgehead atoms. The summed E-state index contributed by atoms with van der Waals surface area (Å²) in [7, 11) is 1.59. The SMILES string of the molecule is COc1cc(CN=C(N)NCCC(C)C)ccn1. The van der Waals surface area contributed by atoms with Crippen LogP contribution in [-0.4, -0.2) is 24.6 Å². The quantitative estimate of drug-likeness (QED) is 0.593. The number of pyridine rings is 1. The number of aromatic nitrogens is 1. The molecule has 0 radical (unpaired) electrons. The van der Waals surface area contributed by atoms with Gasteiger partial charge in [-0.3, -0.25) is 0 Å². The lowest BCUT2D eigenvalue weighted by Crippen LogP contribution is -2.32. The van der Waals surface area contributed by atoms with Crippen molar-refractivity contribution in [2.75, 3.05) is 13.7 Å². The van der Waals surface area contributed by atoms with Crippen LogP contribution in [0.5, 0.6) is 5.88 Å². The van der Waals surface area contributed by atoms with E-state index in [4.69, 9.17) is 10.5 Å². The normalized spacial score (nSPS) is 11.7. The van der Waals surface area contributed by atoms with Gasteiger partial charge in [0.15, 0.2) is 5.96 Å². The van der Waals surface area contributed by atoms with Crippen molar-refractivity contribution in [2.45, 2.75) is 26.8 Å². The summed E-state index contributed by atoms with van der Waals surface area (Å²) in [5.41, 5.74) is 6.79. The molecule has 100 valence electrons. The predicted octanol–water partition coefficient (Wildman–Crippen LogP) is 1.54. The summed E-state index contributed by atoms with van der Waals surface area (Å²) in [5, 5.41) is 3.09. The molecule has 0 atom stereocenters. The second-order valence-electron chi connectivity index (χ2n) is 4.52. The molecule has 0 fully saturated rings. The van der Waals surface area contributed by atoms with Crippen molar-refractivity contribution < 1.29 is 4.74 Å². The van der Waals surface area contributed by atoms with Crippen molar-refractivity contribution in [1.82, 2.24) is 10.3 Å². The van der Waals surface area contributed by atoms with Crippen LogP contribution in [0.3, 0.4) is 0 Å². The number of nitrogens with one attached hydrogen (secondary N) is 1. The number of rotatable bonds is 6. The number of hydrogen-bond donors (Lipinski definition) is 2. The summed E-state index contributed by atoms with van der Waals surface area (Å²) in [6.45, 7) is 5.74. The molecule has 5 heteroatoms. The van der Waals surface area contributed by atoms with Gasteiger partial charge in [0.2, 0.25) is 5.88 Å². The van der Waals surface area contributed by atoms with Gasteiger partial charge < -0.3 is 15.8 Å². The van der Waals surface area contributed by atoms with E-state index in [9.17, 15) is 0 Å². The molecule has 0 aliphatic heterocycles. The zero-order valence-corrected chi connectivity index (χ0v) is 11.3. The van der Waals surface area contributed by atoms with Crippen molar-refractivity contribution in [2.24, 2.45) is 16.6 Å². The second-order valence-corrected chi connectivity index (χ2v) is 4.52. The van der Waals surface area contributed by atoms with Gasteiger partial charge in [0.25, 0.3) is 0 Å². The summed E-state index contributed by atoms with van der Waals surface area (Å²) in [6, 6.07) is 3.75. The van der Waals surface area contributed by atoms with Gasteiger partial charge in [0.05, 0.1) is 13.7 Å². The predicted molar refractivity (Wildman–Crippen MR) is 73.6 cm³/mol. The first kappa shape index (κ1) is 14.3. The molecule has 0 amide bonds. The van der Waals surface area contributed by atoms with Crippen LogP contribution in [0.1, 0.15) is 25.8 Å². The Bertz CT molecular complexity index is 390. The number of guanidine groups is 1. The first-order valence-electron chi connectivity index (χ1n) is 6.14. The summed E-state index contributed by atoms with van der Waals surface area (Å²) in [4.78, 5) is 8.30. The van der Waals surface area contributed by atoms with Gasteiger partial charge in [-0.05, 0) is 24.0 Å². The lowest BCUT2D eigenvalue weighted by molar-refractivity contribution is 0.397. The van der Waals surface area contributed by atoms with Gasteiger partial charge in [0, 0.05) is 18.8 Å². The van der Waals surface area contributed by atoms with E-state index in [1.165, 1.54) is 0 Å². The number of nitrogens with two attached hydrogens (primary N) is 1. The number of ether oxygens (including phenoxy) is 1. The van der Waals surface area contributed by atoms with Gasteiger partial charge >= 0.3 is 0 Å². The van der Waals surface area contributed by atoms with E-state index < -0.39 is 0 Å². The molecule has 0 aliphatic carbocycles. The number of methoxy groups -OCH3 is 1. The fourth-order valence-corrected chi connectivity index (χ4v) is 1.38. The second kappa shape index (κ2) is 7.53. The van der Waals surface area contributed by atoms with E-state index in [-0.39, 0.29) is 0 Å². The maximum absolute atomic E-state index is 5.77. The van der Waals surface area contributed by atoms with Crippen LogP contribution >= 0.6 is 0 Å². The number of aliphatic imine (C=N–C) groups is 1. The van der Waals surface area contributed by atoms with Crippen LogP contribution in [0.15, 0.2) is 23.3 Å². The largest absolute Gasteiger partial charge is 0.481 e. The van der Waals surface area contributed by atoms with Crippen LogP contribution in [0, 0.1) is 5.92 Å². The molecule has 0 spiro atoms. The van der Waals surface area contributed by atoms with Gasteiger partial charge in [0.1, 0.15) is 0 Å². The van der Waals surface area contributed by atoms with Crippen molar-refractivity contribution in [1.29, 1.82) is 0 Å². The van der Waals surface area contributed by atoms with Crippen molar-refractivity contribution in [3.8, 4) is 5.88 Å². The van der Waals surface area contributed by atoms with Gasteiger partial charge in [-0.1, -0.05) is 13.8 Å². The van der Waals surface area contributed by atoms with Crippen LogP contribution in [0.4, 0.5) is 0 Å². The first-order valence-corrected chi connectivity index (χ1v) is 6.14. The van der Waals surface area contributed by atoms with Crippen LogP contribution < -0.4 is 15.8 Å². The van der Waals surface area contributed by atoms with E-state index >= 15 is 0 Å². The standard InChI is InChI=1S/C13H22N4O/c1-10(2)4-6-16-13(14)17-9-11-5-7-15-12(8-11)18-3/h5,7-8,10H,4,6,9H2,1-3H3,(H3,14,16,17). The molecule has 0 saturated carbocycles. The van der Waals surface area contributed by atoms with Gasteiger partial charge in [-0.25, -0.2) is 9.98 Å². The maximum Gasteiger partial charge on any atom is 0.213 e. The molecule has 1 aromatic heterocycles. The minimum atomic E-state index is 0.478. The van der Waals surface area contributed by atoms with Crippen LogP contribution in [0.2, 0.25) is 0 Å². The smallest absolute Gasteiger partial charge is 0.213 e. The Balaban J connectivity index is 2.41. The molecule has 0 aromatic carbocycles. The molecule has 18 heavy (non-hydrogen) atoms. The highest BCUT2D eigenvalue weighted by atomic mass is 16.5. The fourth-order valence-electron chi connectivity index (χ4n) is 1.38. The fraction of sp³-hybridized carbons (Fsp3) is 0.538. The van der Waals surface area contributed by atoms with Crippen molar-refractivity contribution >= 4 is 5.96 Å². The molecule has 0 unspecified atom stereocenters. The van der Waals surface area contributed by atoms with Gasteiger partial charge in [-0.2, -0.15) is 0 Å². The topological polar surface area (TPSA) is 72.5 Å². The molecule has 1 heterocycles. The highest BCUT2D eigenvalue weighted by Gasteiger charge is 1.98. The third-order valence-electron chi connectivity index (χ3n) is 2.47. The number of nitrogens with zero attached hydrogens (tertiary/aromatic N) is 2. The Labute approximate surface area is 108 Å². The van der Waals surface area contributed by atoms with Crippen molar-refractivity contribution in [3.63, 3.8) is 0 Å². The molecule has 0 saturated heterocycles. The van der Waals surface area contributed by atoms with E-state index in [1.54, 1.807) is 13.3 Å². The van der Waals surface area contributed by atoms with E-state index in [1.807, 2.05) is 12.1 Å². The summed E-state index contributed by atoms with van der Waals surface area (Å²) >= 11 is 0. The molecule has 0 aliphatic rings. The highest BCUT2D eigenvalue weighted by Crippen LogP contribution is 2.09. The summed E-state index contributed by atoms with van der Waals surface area (Å²) < 4.78 is 5.05. The Morgan fingerprint density at radius 1 is 1.56 bits per heavy atom. The Hall–Kier alpha value is -1.78. The van der Waals surface area contributed by atoms with E-state index in [2.05, 4.69) is 29.1 Å². The highest BCUT2D eigenvalue weighted by molar-refractivity contribution is 5.77. The Morgan fingerprint density at radius 3 is 3.00 bits per heavy atom. The van der Waals surface area contributed by atoms with Crippen molar-refractivity contribution in [3.05, 3.63) is 23.9 Å². The first-order chi connectivity index (χ1) is 8.61. The minimum Gasteiger partial charge on any atom is -0.481 e. The Morgan fingerprint density at radius 2 is 2.33 bits per heavy atom. The zero-order valence-electron chi connectivity index (χ0n) is 11.3. The van der Waals surface area contributed by atoms with Crippen LogP contribution in [-0.2, 0) is 6.54 Å².